The molecule has 0 saturated heterocycles. The van der Waals surface area contributed by atoms with E-state index < -0.39 is 0 Å². The van der Waals surface area contributed by atoms with Gasteiger partial charge in [-0.15, -0.1) is 0 Å². The lowest BCUT2D eigenvalue weighted by Crippen LogP contribution is -1.95. The van der Waals surface area contributed by atoms with Crippen molar-refractivity contribution >= 4 is 22.1 Å². The highest BCUT2D eigenvalue weighted by Gasteiger charge is 2.13. The minimum absolute atomic E-state index is 1.09. The summed E-state index contributed by atoms with van der Waals surface area (Å²) in [6.45, 7) is 4.37. The summed E-state index contributed by atoms with van der Waals surface area (Å²) in [7, 11) is 0. The summed E-state index contributed by atoms with van der Waals surface area (Å²) in [5.41, 5.74) is 9.82. The molecule has 0 aliphatic heterocycles. The fourth-order valence-electron chi connectivity index (χ4n) is 4.31. The molecule has 0 spiro atoms. The largest absolute Gasteiger partial charge is 0.355 e. The maximum atomic E-state index is 3.65. The second kappa shape index (κ2) is 8.12. The lowest BCUT2D eigenvalue weighted by Gasteiger charge is -2.18. The first kappa shape index (κ1) is 19.1. The Kier molecular flexibility index (Phi) is 5.01. The van der Waals surface area contributed by atoms with Gasteiger partial charge in [0, 0.05) is 16.9 Å². The molecule has 0 aromatic heterocycles. The quantitative estimate of drug-likeness (QED) is 0.319. The highest BCUT2D eigenvalue weighted by Crippen LogP contribution is 2.39. The fraction of sp³-hybridized carbons (Fsp3) is 0.0667. The van der Waals surface area contributed by atoms with Gasteiger partial charge in [0.2, 0.25) is 0 Å². The summed E-state index contributed by atoms with van der Waals surface area (Å²) in [6.07, 6.45) is 0. The maximum Gasteiger partial charge on any atom is 0.0470 e. The van der Waals surface area contributed by atoms with E-state index in [0.29, 0.717) is 0 Å². The molecule has 0 atom stereocenters. The first-order chi connectivity index (χ1) is 15.2. The van der Waals surface area contributed by atoms with Gasteiger partial charge in [-0.05, 0) is 76.7 Å². The van der Waals surface area contributed by atoms with Crippen LogP contribution < -0.4 is 5.32 Å². The number of anilines is 2. The number of hydrogen-bond donors (Lipinski definition) is 1. The number of para-hydroxylation sites is 1. The van der Waals surface area contributed by atoms with Crippen LogP contribution in [0.15, 0.2) is 109 Å². The van der Waals surface area contributed by atoms with Crippen LogP contribution in [0.1, 0.15) is 11.1 Å². The van der Waals surface area contributed by atoms with Gasteiger partial charge in [-0.3, -0.25) is 0 Å². The average molecular weight is 400 g/mol. The molecule has 0 heterocycles. The second-order valence-electron chi connectivity index (χ2n) is 8.04. The molecule has 5 rings (SSSR count). The lowest BCUT2D eigenvalue weighted by molar-refractivity contribution is 1.41. The van der Waals surface area contributed by atoms with Crippen LogP contribution >= 0.6 is 0 Å². The summed E-state index contributed by atoms with van der Waals surface area (Å²) in [4.78, 5) is 0. The van der Waals surface area contributed by atoms with Crippen LogP contribution in [-0.2, 0) is 0 Å². The van der Waals surface area contributed by atoms with Gasteiger partial charge in [-0.2, -0.15) is 0 Å². The molecule has 0 fully saturated rings. The summed E-state index contributed by atoms with van der Waals surface area (Å²) >= 11 is 0. The maximum absolute atomic E-state index is 3.65. The molecule has 5 aromatic carbocycles. The standard InChI is InChI=1S/C30H25N/c1-21-10-6-8-14-26(21)28-20-24(17-16-22(28)2)30-27-15-9-7-11-23(27)18-19-29(30)31-25-12-4-3-5-13-25/h3-20,31H,1-2H3. The van der Waals surface area contributed by atoms with E-state index in [4.69, 9.17) is 0 Å². The first-order valence-electron chi connectivity index (χ1n) is 10.7. The molecule has 0 amide bonds. The van der Waals surface area contributed by atoms with E-state index in [9.17, 15) is 0 Å². The van der Waals surface area contributed by atoms with Crippen molar-refractivity contribution in [3.8, 4) is 22.3 Å². The molecule has 1 nitrogen and oxygen atoms in total. The minimum Gasteiger partial charge on any atom is -0.355 e. The van der Waals surface area contributed by atoms with Gasteiger partial charge in [0.1, 0.15) is 0 Å². The Balaban J connectivity index is 1.73. The Bertz CT molecular complexity index is 1370. The Morgan fingerprint density at radius 1 is 0.548 bits per heavy atom. The molecule has 0 unspecified atom stereocenters. The lowest BCUT2D eigenvalue weighted by atomic mass is 9.90. The molecule has 1 heteroatoms. The van der Waals surface area contributed by atoms with Crippen LogP contribution in [-0.4, -0.2) is 0 Å². The monoisotopic (exact) mass is 399 g/mol. The molecule has 1 N–H and O–H groups in total. The van der Waals surface area contributed by atoms with Crippen molar-refractivity contribution in [1.29, 1.82) is 0 Å². The van der Waals surface area contributed by atoms with Gasteiger partial charge < -0.3 is 5.32 Å². The zero-order valence-electron chi connectivity index (χ0n) is 17.9. The topological polar surface area (TPSA) is 12.0 Å². The third-order valence-electron chi connectivity index (χ3n) is 5.94. The highest BCUT2D eigenvalue weighted by atomic mass is 14.9. The second-order valence-corrected chi connectivity index (χ2v) is 8.04. The van der Waals surface area contributed by atoms with Crippen molar-refractivity contribution < 1.29 is 0 Å². The van der Waals surface area contributed by atoms with E-state index >= 15 is 0 Å². The Morgan fingerprint density at radius 2 is 1.26 bits per heavy atom. The Hall–Kier alpha value is -3.84. The molecule has 5 aromatic rings. The Morgan fingerprint density at radius 3 is 2.10 bits per heavy atom. The van der Waals surface area contributed by atoms with E-state index in [0.717, 1.165) is 11.4 Å². The van der Waals surface area contributed by atoms with Gasteiger partial charge in [0.05, 0.1) is 0 Å². The van der Waals surface area contributed by atoms with E-state index in [1.54, 1.807) is 0 Å². The summed E-state index contributed by atoms with van der Waals surface area (Å²) in [5, 5.41) is 6.15. The van der Waals surface area contributed by atoms with Crippen LogP contribution in [0.2, 0.25) is 0 Å². The third kappa shape index (κ3) is 3.71. The number of benzene rings is 5. The third-order valence-corrected chi connectivity index (χ3v) is 5.94. The van der Waals surface area contributed by atoms with E-state index in [-0.39, 0.29) is 0 Å². The van der Waals surface area contributed by atoms with E-state index in [1.807, 2.05) is 6.07 Å². The summed E-state index contributed by atoms with van der Waals surface area (Å²) in [6, 6.07) is 38.8. The summed E-state index contributed by atoms with van der Waals surface area (Å²) < 4.78 is 0. The smallest absolute Gasteiger partial charge is 0.0470 e. The summed E-state index contributed by atoms with van der Waals surface area (Å²) in [5.74, 6) is 0. The molecule has 31 heavy (non-hydrogen) atoms. The van der Waals surface area contributed by atoms with Crippen LogP contribution in [0.3, 0.4) is 0 Å². The highest BCUT2D eigenvalue weighted by molar-refractivity contribution is 6.04. The average Bonchev–Trinajstić information content (AvgIpc) is 2.81. The molecule has 150 valence electrons. The van der Waals surface area contributed by atoms with Crippen LogP contribution in [0.5, 0.6) is 0 Å². The normalized spacial score (nSPS) is 10.9. The molecule has 0 saturated carbocycles. The number of aryl methyl sites for hydroxylation is 2. The van der Waals surface area contributed by atoms with Crippen LogP contribution in [0, 0.1) is 13.8 Å². The number of fused-ring (bicyclic) bond motifs is 1. The molecule has 0 radical (unpaired) electrons. The fourth-order valence-corrected chi connectivity index (χ4v) is 4.31. The van der Waals surface area contributed by atoms with Gasteiger partial charge in [-0.1, -0.05) is 84.9 Å². The minimum atomic E-state index is 1.09. The number of rotatable bonds is 4. The molecule has 0 aliphatic carbocycles. The molecule has 0 bridgehead atoms. The zero-order chi connectivity index (χ0) is 21.2. The van der Waals surface area contributed by atoms with Gasteiger partial charge in [0.15, 0.2) is 0 Å². The van der Waals surface area contributed by atoms with Gasteiger partial charge in [-0.25, -0.2) is 0 Å². The number of nitrogens with one attached hydrogen (secondary N) is 1. The van der Waals surface area contributed by atoms with Gasteiger partial charge >= 0.3 is 0 Å². The van der Waals surface area contributed by atoms with Crippen molar-refractivity contribution in [2.24, 2.45) is 0 Å². The van der Waals surface area contributed by atoms with Crippen molar-refractivity contribution in [1.82, 2.24) is 0 Å². The number of hydrogen-bond acceptors (Lipinski definition) is 1. The molecular weight excluding hydrogens is 374 g/mol. The van der Waals surface area contributed by atoms with E-state index in [1.165, 1.54) is 44.2 Å². The SMILES string of the molecule is Cc1ccccc1-c1cc(-c2c(Nc3ccccc3)ccc3ccccc23)ccc1C. The van der Waals surface area contributed by atoms with E-state index in [2.05, 4.69) is 122 Å². The molecule has 0 aliphatic rings. The van der Waals surface area contributed by atoms with Crippen molar-refractivity contribution in [2.45, 2.75) is 13.8 Å². The van der Waals surface area contributed by atoms with Crippen molar-refractivity contribution in [3.05, 3.63) is 120 Å². The Labute approximate surface area is 184 Å². The molecular formula is C30H25N. The first-order valence-corrected chi connectivity index (χ1v) is 10.7. The zero-order valence-corrected chi connectivity index (χ0v) is 17.9. The van der Waals surface area contributed by atoms with Gasteiger partial charge in [0.25, 0.3) is 0 Å². The van der Waals surface area contributed by atoms with Crippen LogP contribution in [0.25, 0.3) is 33.0 Å². The van der Waals surface area contributed by atoms with Crippen molar-refractivity contribution in [3.63, 3.8) is 0 Å². The van der Waals surface area contributed by atoms with Crippen molar-refractivity contribution in [2.75, 3.05) is 5.32 Å². The van der Waals surface area contributed by atoms with Crippen LogP contribution in [0.4, 0.5) is 11.4 Å². The predicted octanol–water partition coefficient (Wildman–Crippen LogP) is 8.53. The predicted molar refractivity (Wildman–Crippen MR) is 134 cm³/mol.